The Morgan fingerprint density at radius 1 is 0.421 bits per heavy atom. The van der Waals surface area contributed by atoms with Gasteiger partial charge in [0.15, 0.2) is 0 Å². The van der Waals surface area contributed by atoms with Crippen LogP contribution in [0.15, 0.2) is 46.1 Å². The molecule has 0 saturated heterocycles. The largest absolute Gasteiger partial charge is 1.00 e. The second kappa shape index (κ2) is 30.7. The normalized spacial score (nSPS) is 42.3. The zero-order chi connectivity index (χ0) is 84.5. The number of carboxylic acid groups (broad SMARTS) is 1. The summed E-state index contributed by atoms with van der Waals surface area (Å²) >= 11 is 0. The van der Waals surface area contributed by atoms with Gasteiger partial charge in [-0.2, -0.15) is 15.3 Å². The van der Waals surface area contributed by atoms with Crippen LogP contribution in [0.2, 0.25) is 0 Å². The number of methoxy groups -OCH3 is 2. The maximum atomic E-state index is 13.6. The first kappa shape index (κ1) is 97.3. The number of nitrogen functional groups attached to an aromatic ring is 3. The van der Waals surface area contributed by atoms with E-state index >= 15 is 0 Å². The van der Waals surface area contributed by atoms with E-state index in [4.69, 9.17) is 26.7 Å². The first-order valence-electron chi connectivity index (χ1n) is 46.5. The van der Waals surface area contributed by atoms with Crippen molar-refractivity contribution >= 4 is 35.4 Å². The van der Waals surface area contributed by atoms with Gasteiger partial charge in [-0.15, -0.1) is 0 Å². The van der Waals surface area contributed by atoms with E-state index in [-0.39, 0.29) is 176 Å². The number of H-pyrrole nitrogens is 3. The number of hydrogen-bond acceptors (Lipinski definition) is 11. The van der Waals surface area contributed by atoms with E-state index in [2.05, 4.69) is 202 Å². The molecule has 17 heteroatoms. The van der Waals surface area contributed by atoms with Crippen molar-refractivity contribution in [1.29, 1.82) is 0 Å². The standard InChI is InChI=1S/C34H53N3O2.C34H51N3O2.C33H51N3O2.3CH4.HI.Li/c2*1-10-20-17-24-31(6)18-21-26(36-37-27(21)35)30(4,5)23(31)11-12-32(24,7)33(8)14-16-34(28(38)39-9)15-13-29(2,3)19-22(34)25(20)33;1-9-19-16-23-30(6)17-20-25(35-36-26(20)34)29(4,5)22(30)10-11-31(23,7)32(8)13-15-33(27(37)38)14-12-28(2,3)18-21(33)24(19)32;;;;;/h22-24H,10-19H2,1-9H3,(H3,35,36,37);10,22-24H,1,11-19H2,2-9H3,(H3,35,36,37);21-23H,9-18H2,1-8H3,(H,37,38)(H3,34,35,36);3*1H4;1H;/q;;;;;;;+1/p-1/t2*22-,23-,24?,31-,32+,33+,34-;21-,22-,23?,30-,31+,32+,33-;;;;;/m000...../s1. The van der Waals surface area contributed by atoms with Crippen LogP contribution < -0.4 is 60.0 Å². The number of carbonyl (C=O) groups excluding carboxylic acids is 2. The summed E-state index contributed by atoms with van der Waals surface area (Å²) in [5.41, 5.74) is 36.8. The topological polar surface area (TPSA) is 254 Å². The Morgan fingerprint density at radius 2 is 0.694 bits per heavy atom. The van der Waals surface area contributed by atoms with Gasteiger partial charge in [-0.3, -0.25) is 29.7 Å². The SMILES string of the molecule is C.C.C.C=CC1=C2[C@@H]3CC(C)(C)CC[C@]3(C(=O)OC)CC[C@@]2(C)[C@]2(C)CC[C@H]3C(C)(C)c4[nH]nc(N)c4C[C@]3(C)C2C1.CCC1=C2[C@@H]3CC(C)(C)CC[C@]3(C(=O)O)CC[C@@]2(C)[C@]2(C)CC[C@H]3C(C)(C)c4[nH]nc(N)c4C[C@]3(C)C2C1.CCC1=C2[C@@H]3CC(C)(C)CC[C@]3(C(=O)OC)CC[C@@]2(C)[C@]2(C)CC[C@H]3C(C)(C)c4[nH]nc(N)c4C[C@]3(C)C2C1.[I-].[Li+]. The third kappa shape index (κ3) is 12.8. The number of esters is 2. The molecule has 0 spiro atoms. The van der Waals surface area contributed by atoms with Crippen LogP contribution in [0.1, 0.15) is 382 Å². The number of hydrogen-bond donors (Lipinski definition) is 7. The maximum Gasteiger partial charge on any atom is 1.00 e. The fourth-order valence-corrected chi connectivity index (χ4v) is 35.1. The Bertz CT molecular complexity index is 4660. The molecule has 0 aliphatic heterocycles. The fourth-order valence-electron chi connectivity index (χ4n) is 35.1. The van der Waals surface area contributed by atoms with Crippen molar-refractivity contribution in [3.63, 3.8) is 0 Å². The van der Waals surface area contributed by atoms with Crippen LogP contribution in [0.4, 0.5) is 17.5 Å². The minimum absolute atomic E-state index is 0. The number of fused-ring (bicyclic) bond motifs is 24. The van der Waals surface area contributed by atoms with Crippen molar-refractivity contribution in [2.45, 2.75) is 384 Å². The van der Waals surface area contributed by atoms with Gasteiger partial charge in [-0.1, -0.05) is 222 Å². The molecule has 15 aliphatic rings. The Hall–Kier alpha value is -4.27. The minimum Gasteiger partial charge on any atom is -1.00 e. The summed E-state index contributed by atoms with van der Waals surface area (Å²) in [6.07, 6.45) is 32.8. The summed E-state index contributed by atoms with van der Waals surface area (Å²) in [4.78, 5) is 40.3. The molecule has 0 radical (unpaired) electrons. The summed E-state index contributed by atoms with van der Waals surface area (Å²) in [6.45, 7) is 61.3. The van der Waals surface area contributed by atoms with Crippen LogP contribution in [0.3, 0.4) is 0 Å². The smallest absolute Gasteiger partial charge is 1.00 e. The number of aromatic amines is 3. The van der Waals surface area contributed by atoms with E-state index in [9.17, 15) is 19.5 Å². The first-order chi connectivity index (χ1) is 53.8. The van der Waals surface area contributed by atoms with Crippen molar-refractivity contribution in [2.24, 2.45) is 134 Å². The molecule has 3 heterocycles. The van der Waals surface area contributed by atoms with E-state index in [1.807, 2.05) is 0 Å². The molecule has 3 unspecified atom stereocenters. The number of carboxylic acids is 1. The average Bonchev–Trinajstić information content (AvgIpc) is 1.16. The summed E-state index contributed by atoms with van der Waals surface area (Å²) in [5, 5.41) is 34.2. The quantitative estimate of drug-likeness (QED) is 0.0527. The molecule has 9 fully saturated rings. The van der Waals surface area contributed by atoms with E-state index < -0.39 is 16.8 Å². The van der Waals surface area contributed by atoms with Crippen LogP contribution in [0, 0.1) is 134 Å². The molecule has 3 aromatic heterocycles. The number of ether oxygens (including phenoxy) is 2. The fraction of sp³-hybridized carbons (Fsp3) is 0.808. The molecule has 3 aromatic rings. The summed E-state index contributed by atoms with van der Waals surface area (Å²) in [7, 11) is 3.20. The molecule has 0 amide bonds. The third-order valence-corrected chi connectivity index (χ3v) is 41.8. The number of allylic oxidation sites excluding steroid dienone is 7. The number of halogens is 1. The number of aliphatic carboxylic acids is 1. The molecule has 0 aromatic carbocycles. The predicted molar refractivity (Wildman–Crippen MR) is 487 cm³/mol. The van der Waals surface area contributed by atoms with Crippen molar-refractivity contribution < 1.29 is 71.8 Å². The zero-order valence-corrected chi connectivity index (χ0v) is 80.6. The van der Waals surface area contributed by atoms with Crippen LogP contribution >= 0.6 is 0 Å². The molecule has 672 valence electrons. The van der Waals surface area contributed by atoms with Crippen LogP contribution in [-0.2, 0) is 59.4 Å². The average molecular weight is 1770 g/mol. The molecular formula is C104H167ILiN9O6. The summed E-state index contributed by atoms with van der Waals surface area (Å²) in [6, 6.07) is 0. The second-order valence-electron chi connectivity index (χ2n) is 48.8. The number of aromatic nitrogens is 6. The summed E-state index contributed by atoms with van der Waals surface area (Å²) < 4.78 is 11.2. The van der Waals surface area contributed by atoms with Crippen molar-refractivity contribution in [3.05, 3.63) is 79.9 Å². The Labute approximate surface area is 762 Å². The molecule has 10 N–H and O–H groups in total. The molecular weight excluding hydrogens is 1610 g/mol. The van der Waals surface area contributed by atoms with Gasteiger partial charge in [0.1, 0.15) is 17.5 Å². The van der Waals surface area contributed by atoms with E-state index in [1.165, 1.54) is 77.9 Å². The van der Waals surface area contributed by atoms with Crippen LogP contribution in [-0.4, -0.2) is 67.8 Å². The number of rotatable bonds is 6. The van der Waals surface area contributed by atoms with Crippen LogP contribution in [0.5, 0.6) is 0 Å². The third-order valence-electron chi connectivity index (χ3n) is 41.8. The Kier molecular flexibility index (Phi) is 24.7. The van der Waals surface area contributed by atoms with Gasteiger partial charge in [-0.05, 0) is 310 Å². The molecule has 21 atom stereocenters. The van der Waals surface area contributed by atoms with Crippen molar-refractivity contribution in [1.82, 2.24) is 30.6 Å². The van der Waals surface area contributed by atoms with Crippen molar-refractivity contribution in [3.8, 4) is 0 Å². The van der Waals surface area contributed by atoms with E-state index in [1.54, 1.807) is 42.1 Å². The van der Waals surface area contributed by atoms with Crippen molar-refractivity contribution in [2.75, 3.05) is 31.4 Å². The monoisotopic (exact) mass is 1770 g/mol. The number of nitrogens with one attached hydrogen (secondary N) is 3. The second-order valence-corrected chi connectivity index (χ2v) is 48.8. The van der Waals surface area contributed by atoms with Gasteiger partial charge in [0, 0.05) is 50.0 Å². The molecule has 15 nitrogen and oxygen atoms in total. The number of anilines is 3. The van der Waals surface area contributed by atoms with Gasteiger partial charge in [0.05, 0.1) is 30.5 Å². The van der Waals surface area contributed by atoms with Gasteiger partial charge in [0.25, 0.3) is 0 Å². The number of nitrogens with two attached hydrogens (primary N) is 3. The maximum absolute atomic E-state index is 13.6. The molecule has 9 saturated carbocycles. The van der Waals surface area contributed by atoms with E-state index in [0.717, 1.165) is 148 Å². The molecule has 15 aliphatic carbocycles. The van der Waals surface area contributed by atoms with E-state index in [0.29, 0.717) is 58.9 Å². The minimum atomic E-state index is -0.581. The Morgan fingerprint density at radius 3 is 0.992 bits per heavy atom. The van der Waals surface area contributed by atoms with Gasteiger partial charge in [-0.25, -0.2) is 0 Å². The number of carbonyl (C=O) groups is 3. The molecule has 18 rings (SSSR count). The molecule has 121 heavy (non-hydrogen) atoms. The van der Waals surface area contributed by atoms with Gasteiger partial charge in [0.2, 0.25) is 0 Å². The molecule has 0 bridgehead atoms. The van der Waals surface area contributed by atoms with Gasteiger partial charge < -0.3 is 55.8 Å². The zero-order valence-electron chi connectivity index (χ0n) is 78.4. The predicted octanol–water partition coefficient (Wildman–Crippen LogP) is 18.9. The first-order valence-corrected chi connectivity index (χ1v) is 46.5. The van der Waals surface area contributed by atoms with Crippen LogP contribution in [0.25, 0.3) is 0 Å². The Balaban J connectivity index is 0.000000174. The number of nitrogens with zero attached hydrogens (tertiary/aromatic N) is 3. The summed E-state index contributed by atoms with van der Waals surface area (Å²) in [5.74, 6) is 5.62. The van der Waals surface area contributed by atoms with Gasteiger partial charge >= 0.3 is 36.8 Å².